The van der Waals surface area contributed by atoms with Crippen LogP contribution in [0.25, 0.3) is 21.9 Å². The van der Waals surface area contributed by atoms with Crippen LogP contribution in [0.3, 0.4) is 0 Å². The number of alkyl halides is 2. The van der Waals surface area contributed by atoms with Gasteiger partial charge in [0.05, 0.1) is 6.61 Å². The Morgan fingerprint density at radius 3 is 2.20 bits per heavy atom. The minimum absolute atomic E-state index is 0.287. The molecule has 0 aliphatic carbocycles. The first-order valence-electron chi connectivity index (χ1n) is 11.1. The summed E-state index contributed by atoms with van der Waals surface area (Å²) in [5.41, 5.74) is 2.87. The van der Waals surface area contributed by atoms with E-state index in [0.29, 0.717) is 52.5 Å². The van der Waals surface area contributed by atoms with Gasteiger partial charge in [-0.2, -0.15) is 8.78 Å². The lowest BCUT2D eigenvalue weighted by molar-refractivity contribution is -0.0522. The number of ether oxygens (including phenoxy) is 2. The lowest BCUT2D eigenvalue weighted by Gasteiger charge is -2.11. The number of hydrogen-bond acceptors (Lipinski definition) is 2. The summed E-state index contributed by atoms with van der Waals surface area (Å²) in [6.07, 6.45) is 1.21. The van der Waals surface area contributed by atoms with Crippen molar-refractivity contribution in [2.75, 3.05) is 13.7 Å². The average Bonchev–Trinajstić information content (AvgIpc) is 2.83. The van der Waals surface area contributed by atoms with Crippen molar-refractivity contribution in [1.29, 1.82) is 0 Å². The zero-order chi connectivity index (χ0) is 24.9. The summed E-state index contributed by atoms with van der Waals surface area (Å²) in [4.78, 5) is 0. The normalized spacial score (nSPS) is 11.4. The molecule has 4 aromatic rings. The summed E-state index contributed by atoms with van der Waals surface area (Å²) in [5.74, 6) is -2.18. The fourth-order valence-corrected chi connectivity index (χ4v) is 4.04. The standard InChI is InChI=1S/C28H23F5O2/c1-34-13-12-18-3-9-22(24(29)14-18)20-8-10-23-21(16-20)7-6-19(27(23)31)5-2-17-4-11-26(25(30)15-17)35-28(32)33/h3-4,6-11,14-16,28H,2,5,12-13H2,1H3. The van der Waals surface area contributed by atoms with Gasteiger partial charge in [0.25, 0.3) is 0 Å². The van der Waals surface area contributed by atoms with Crippen LogP contribution in [0.15, 0.2) is 66.7 Å². The van der Waals surface area contributed by atoms with Gasteiger partial charge in [-0.3, -0.25) is 0 Å². The molecule has 0 bridgehead atoms. The van der Waals surface area contributed by atoms with Gasteiger partial charge in [0.2, 0.25) is 0 Å². The second kappa shape index (κ2) is 10.9. The minimum Gasteiger partial charge on any atom is -0.432 e. The Kier molecular flexibility index (Phi) is 7.66. The highest BCUT2D eigenvalue weighted by Gasteiger charge is 2.13. The number of halogens is 5. The first-order chi connectivity index (χ1) is 16.9. The lowest BCUT2D eigenvalue weighted by Crippen LogP contribution is -2.04. The molecular formula is C28H23F5O2. The number of benzene rings is 4. The number of hydrogen-bond donors (Lipinski definition) is 0. The molecule has 182 valence electrons. The Hall–Kier alpha value is -3.45. The first kappa shape index (κ1) is 24.7. The summed E-state index contributed by atoms with van der Waals surface area (Å²) in [6, 6.07) is 17.2. The van der Waals surface area contributed by atoms with Gasteiger partial charge in [-0.25, -0.2) is 13.2 Å². The molecule has 0 atom stereocenters. The van der Waals surface area contributed by atoms with Gasteiger partial charge in [-0.1, -0.05) is 42.5 Å². The molecule has 0 spiro atoms. The van der Waals surface area contributed by atoms with E-state index in [9.17, 15) is 17.6 Å². The van der Waals surface area contributed by atoms with Gasteiger partial charge in [-0.05, 0) is 71.2 Å². The molecule has 0 aliphatic rings. The predicted octanol–water partition coefficient (Wildman–Crippen LogP) is 7.50. The molecule has 35 heavy (non-hydrogen) atoms. The van der Waals surface area contributed by atoms with Crippen LogP contribution in [0.4, 0.5) is 22.0 Å². The molecule has 4 aromatic carbocycles. The van der Waals surface area contributed by atoms with Crippen LogP contribution in [0.1, 0.15) is 16.7 Å². The number of fused-ring (bicyclic) bond motifs is 1. The van der Waals surface area contributed by atoms with E-state index in [1.807, 2.05) is 6.07 Å². The molecule has 0 amide bonds. The predicted molar refractivity (Wildman–Crippen MR) is 125 cm³/mol. The van der Waals surface area contributed by atoms with Crippen molar-refractivity contribution in [3.63, 3.8) is 0 Å². The number of methoxy groups -OCH3 is 1. The van der Waals surface area contributed by atoms with Gasteiger partial charge < -0.3 is 9.47 Å². The molecule has 0 saturated heterocycles. The Bertz CT molecular complexity index is 1340. The van der Waals surface area contributed by atoms with Crippen LogP contribution in [0, 0.1) is 17.5 Å². The van der Waals surface area contributed by atoms with E-state index in [2.05, 4.69) is 4.74 Å². The third-order valence-corrected chi connectivity index (χ3v) is 5.87. The SMILES string of the molecule is COCCc1ccc(-c2ccc3c(F)c(CCc4ccc(OC(F)F)c(F)c4)ccc3c2)c(F)c1. The highest BCUT2D eigenvalue weighted by Crippen LogP contribution is 2.30. The van der Waals surface area contributed by atoms with E-state index >= 15 is 4.39 Å². The summed E-state index contributed by atoms with van der Waals surface area (Å²) < 4.78 is 77.5. The Morgan fingerprint density at radius 1 is 0.743 bits per heavy atom. The zero-order valence-electron chi connectivity index (χ0n) is 19.0. The van der Waals surface area contributed by atoms with Crippen molar-refractivity contribution in [3.8, 4) is 16.9 Å². The Balaban J connectivity index is 1.52. The molecule has 0 heterocycles. The number of aryl methyl sites for hydroxylation is 2. The summed E-state index contributed by atoms with van der Waals surface area (Å²) in [7, 11) is 1.59. The smallest absolute Gasteiger partial charge is 0.387 e. The highest BCUT2D eigenvalue weighted by molar-refractivity contribution is 5.88. The molecule has 0 aromatic heterocycles. The quantitative estimate of drug-likeness (QED) is 0.228. The van der Waals surface area contributed by atoms with Gasteiger partial charge >= 0.3 is 6.61 Å². The van der Waals surface area contributed by atoms with Crippen LogP contribution < -0.4 is 4.74 Å². The molecule has 4 rings (SSSR count). The molecule has 0 unspecified atom stereocenters. The molecule has 2 nitrogen and oxygen atoms in total. The van der Waals surface area contributed by atoms with Gasteiger partial charge in [-0.15, -0.1) is 0 Å². The van der Waals surface area contributed by atoms with Gasteiger partial charge in [0, 0.05) is 18.1 Å². The molecule has 7 heteroatoms. The largest absolute Gasteiger partial charge is 0.432 e. The Morgan fingerprint density at radius 2 is 1.49 bits per heavy atom. The van der Waals surface area contributed by atoms with E-state index in [0.717, 1.165) is 17.7 Å². The maximum atomic E-state index is 15.2. The van der Waals surface area contributed by atoms with Crippen LogP contribution in [0.2, 0.25) is 0 Å². The summed E-state index contributed by atoms with van der Waals surface area (Å²) in [6.45, 7) is -2.61. The fourth-order valence-electron chi connectivity index (χ4n) is 4.04. The van der Waals surface area contributed by atoms with Crippen molar-refractivity contribution >= 4 is 10.8 Å². The van der Waals surface area contributed by atoms with E-state index < -0.39 is 24.0 Å². The Labute approximate surface area is 199 Å². The molecule has 0 aliphatic heterocycles. The second-order valence-electron chi connectivity index (χ2n) is 8.17. The van der Waals surface area contributed by atoms with Crippen molar-refractivity contribution in [3.05, 3.63) is 101 Å². The van der Waals surface area contributed by atoms with Gasteiger partial charge in [0.15, 0.2) is 11.6 Å². The molecular weight excluding hydrogens is 463 g/mol. The monoisotopic (exact) mass is 486 g/mol. The van der Waals surface area contributed by atoms with E-state index in [4.69, 9.17) is 4.74 Å². The van der Waals surface area contributed by atoms with Crippen molar-refractivity contribution in [1.82, 2.24) is 0 Å². The van der Waals surface area contributed by atoms with Crippen molar-refractivity contribution < 1.29 is 31.4 Å². The van der Waals surface area contributed by atoms with Gasteiger partial charge in [0.1, 0.15) is 11.6 Å². The maximum Gasteiger partial charge on any atom is 0.387 e. The number of rotatable bonds is 9. The zero-order valence-corrected chi connectivity index (χ0v) is 19.0. The van der Waals surface area contributed by atoms with Crippen molar-refractivity contribution in [2.24, 2.45) is 0 Å². The van der Waals surface area contributed by atoms with E-state index in [1.54, 1.807) is 43.5 Å². The van der Waals surface area contributed by atoms with Crippen LogP contribution >= 0.6 is 0 Å². The third kappa shape index (κ3) is 5.80. The molecule has 0 radical (unpaired) electrons. The fraction of sp³-hybridized carbons (Fsp3) is 0.214. The topological polar surface area (TPSA) is 18.5 Å². The summed E-state index contributed by atoms with van der Waals surface area (Å²) in [5, 5.41) is 1.03. The van der Waals surface area contributed by atoms with Crippen LogP contribution in [-0.2, 0) is 24.0 Å². The lowest BCUT2D eigenvalue weighted by atomic mass is 9.96. The van der Waals surface area contributed by atoms with Crippen molar-refractivity contribution in [2.45, 2.75) is 25.9 Å². The maximum absolute atomic E-state index is 15.2. The first-order valence-corrected chi connectivity index (χ1v) is 11.1. The van der Waals surface area contributed by atoms with Crippen LogP contribution in [-0.4, -0.2) is 20.3 Å². The van der Waals surface area contributed by atoms with Crippen LogP contribution in [0.5, 0.6) is 5.75 Å². The molecule has 0 N–H and O–H groups in total. The highest BCUT2D eigenvalue weighted by atomic mass is 19.3. The van der Waals surface area contributed by atoms with E-state index in [-0.39, 0.29) is 12.2 Å². The third-order valence-electron chi connectivity index (χ3n) is 5.87. The average molecular weight is 486 g/mol. The summed E-state index contributed by atoms with van der Waals surface area (Å²) >= 11 is 0. The minimum atomic E-state index is -3.11. The van der Waals surface area contributed by atoms with E-state index in [1.165, 1.54) is 12.1 Å². The molecule has 0 fully saturated rings. The second-order valence-corrected chi connectivity index (χ2v) is 8.17. The molecule has 0 saturated carbocycles.